The summed E-state index contributed by atoms with van der Waals surface area (Å²) in [5, 5.41) is 0. The van der Waals surface area contributed by atoms with Crippen molar-refractivity contribution in [1.29, 1.82) is 0 Å². The van der Waals surface area contributed by atoms with Crippen molar-refractivity contribution in [2.75, 3.05) is 0 Å². The van der Waals surface area contributed by atoms with E-state index in [0.717, 1.165) is 0 Å². The van der Waals surface area contributed by atoms with Crippen LogP contribution in [0.1, 0.15) is 0 Å². The average Bonchev–Trinajstić information content (AvgIpc) is 1.35. The van der Waals surface area contributed by atoms with Crippen LogP contribution in [0.15, 0.2) is 0 Å². The third-order valence-corrected chi connectivity index (χ3v) is 1.74. The molecule has 0 spiro atoms. The zero-order chi connectivity index (χ0) is 5.21. The van der Waals surface area contributed by atoms with Gasteiger partial charge in [0.2, 0.25) is 0 Å². The minimum absolute atomic E-state index is 0.627. The summed E-state index contributed by atoms with van der Waals surface area (Å²) in [6.45, 7) is 0. The van der Waals surface area contributed by atoms with Gasteiger partial charge in [-0.1, -0.05) is 0 Å². The van der Waals surface area contributed by atoms with Gasteiger partial charge in [0.05, 0.1) is 0 Å². The molecule has 0 rings (SSSR count). The normalized spacial score (nSPS) is 16.7. The summed E-state index contributed by atoms with van der Waals surface area (Å²) < 4.78 is 0. The molecule has 0 aromatic carbocycles. The molecular weight excluding hydrogens is 124 g/mol. The van der Waals surface area contributed by atoms with E-state index in [-0.39, 0.29) is 0 Å². The zero-order valence-corrected chi connectivity index (χ0v) is 4.92. The maximum absolute atomic E-state index is 7.96. The molecule has 0 aliphatic rings. The van der Waals surface area contributed by atoms with E-state index >= 15 is 0 Å². The van der Waals surface area contributed by atoms with Gasteiger partial charge in [-0.2, -0.15) is 0 Å². The van der Waals surface area contributed by atoms with Crippen LogP contribution in [0.4, 0.5) is 0 Å². The summed E-state index contributed by atoms with van der Waals surface area (Å²) in [6, 6.07) is 0. The van der Waals surface area contributed by atoms with E-state index in [4.69, 9.17) is 14.7 Å². The van der Waals surface area contributed by atoms with Gasteiger partial charge in [-0.15, -0.1) is 0 Å². The van der Waals surface area contributed by atoms with Crippen molar-refractivity contribution in [2.24, 2.45) is 5.50 Å². The molecule has 1 atom stereocenters. The van der Waals surface area contributed by atoms with Crippen LogP contribution >= 0.6 is 16.1 Å². The van der Waals surface area contributed by atoms with Gasteiger partial charge in [0.25, 0.3) is 0 Å². The van der Waals surface area contributed by atoms with Crippen LogP contribution in [0.3, 0.4) is 0 Å². The van der Waals surface area contributed by atoms with Gasteiger partial charge in [-0.05, 0) is 0 Å². The Morgan fingerprint density at radius 2 is 1.50 bits per heavy atom. The summed E-state index contributed by atoms with van der Waals surface area (Å²) in [6.07, 6.45) is 0. The summed E-state index contributed by atoms with van der Waals surface area (Å²) in [4.78, 5) is 23.9. The van der Waals surface area contributed by atoms with Crippen LogP contribution in [0, 0.1) is 0 Å². The van der Waals surface area contributed by atoms with Crippen molar-refractivity contribution < 1.29 is 14.7 Å². The van der Waals surface area contributed by atoms with Gasteiger partial charge < -0.3 is 0 Å². The molecule has 5 N–H and O–H groups in total. The van der Waals surface area contributed by atoms with Crippen LogP contribution in [0.5, 0.6) is 0 Å². The molecule has 0 aliphatic heterocycles. The molecule has 40 valence electrons. The molecule has 0 saturated heterocycles. The second-order valence-electron chi connectivity index (χ2n) is 0.780. The van der Waals surface area contributed by atoms with Crippen molar-refractivity contribution in [3.8, 4) is 0 Å². The van der Waals surface area contributed by atoms with Gasteiger partial charge in [-0.3, -0.25) is 0 Å². The molecule has 0 bridgehead atoms. The van der Waals surface area contributed by atoms with Crippen LogP contribution in [0.2, 0.25) is 0 Å². The molecule has 6 heteroatoms. The second kappa shape index (κ2) is 2.12. The van der Waals surface area contributed by atoms with Gasteiger partial charge in [0, 0.05) is 0 Å². The van der Waals surface area contributed by atoms with Crippen LogP contribution in [0.25, 0.3) is 0 Å². The molecule has 0 aromatic rings. The first kappa shape index (κ1) is 6.70. The van der Waals surface area contributed by atoms with E-state index in [2.05, 4.69) is 5.50 Å². The molecule has 0 radical (unpaired) electrons. The van der Waals surface area contributed by atoms with Crippen LogP contribution in [-0.4, -0.2) is 14.7 Å². The Labute approximate surface area is 37.3 Å². The number of hydrogen-bond acceptors (Lipinski definition) is 4. The van der Waals surface area contributed by atoms with E-state index in [1.165, 1.54) is 0 Å². The fourth-order valence-corrected chi connectivity index (χ4v) is 0. The van der Waals surface area contributed by atoms with Gasteiger partial charge in [0.1, 0.15) is 0 Å². The third kappa shape index (κ3) is 4.70. The molecule has 0 aromatic heterocycles. The molecule has 0 fully saturated rings. The molecule has 0 aliphatic carbocycles. The average molecular weight is 131 g/mol. The monoisotopic (exact) mass is 131 g/mol. The topological polar surface area (TPSA) is 86.7 Å². The molecule has 6 heavy (non-hydrogen) atoms. The molecule has 0 heterocycles. The summed E-state index contributed by atoms with van der Waals surface area (Å²) in [7, 11) is -4.45. The number of nitrogens with two attached hydrogens (primary N) is 1. The van der Waals surface area contributed by atoms with Gasteiger partial charge in [-0.25, -0.2) is 0 Å². The Morgan fingerprint density at radius 1 is 1.33 bits per heavy atom. The van der Waals surface area contributed by atoms with Crippen LogP contribution < -0.4 is 5.50 Å². The third-order valence-electron chi connectivity index (χ3n) is 0.194. The molecule has 1 unspecified atom stereocenters. The number of hydrogen-bond donors (Lipinski definition) is 4. The molecular formula is H7NO3P2. The fraction of sp³-hybridized carbons (Fsp3) is 0. The van der Waals surface area contributed by atoms with E-state index in [0.29, 0.717) is 0 Å². The van der Waals surface area contributed by atoms with E-state index in [1.54, 1.807) is 0 Å². The Kier molecular flexibility index (Phi) is 2.37. The van der Waals surface area contributed by atoms with Crippen LogP contribution in [-0.2, 0) is 0 Å². The summed E-state index contributed by atoms with van der Waals surface area (Å²) in [5.74, 6) is 0. The van der Waals surface area contributed by atoms with E-state index in [1.807, 2.05) is 0 Å². The van der Waals surface area contributed by atoms with Crippen molar-refractivity contribution in [3.63, 3.8) is 0 Å². The Bertz CT molecular complexity index is 38.5. The number of rotatable bonds is 1. The van der Waals surface area contributed by atoms with Crippen molar-refractivity contribution in [2.45, 2.75) is 0 Å². The quantitative estimate of drug-likeness (QED) is 0.341. The summed E-state index contributed by atoms with van der Waals surface area (Å²) in [5.41, 5.74) is 4.65. The van der Waals surface area contributed by atoms with Gasteiger partial charge >= 0.3 is 36.2 Å². The van der Waals surface area contributed by atoms with Crippen molar-refractivity contribution >= 4 is 16.1 Å². The zero-order valence-electron chi connectivity index (χ0n) is 2.92. The molecule has 0 amide bonds. The standard InChI is InChI=1S/H7NO3P2/c1-5-6(2,3)4/h2-6H,1H2. The Balaban J connectivity index is 3.17. The van der Waals surface area contributed by atoms with Crippen molar-refractivity contribution in [1.82, 2.24) is 0 Å². The fourth-order valence-electron chi connectivity index (χ4n) is 0. The molecule has 4 nitrogen and oxygen atoms in total. The minimum atomic E-state index is -3.83. The predicted molar refractivity (Wildman–Crippen MR) is 27.5 cm³/mol. The first-order valence-corrected chi connectivity index (χ1v) is 5.13. The van der Waals surface area contributed by atoms with E-state index < -0.39 is 16.1 Å². The summed E-state index contributed by atoms with van der Waals surface area (Å²) >= 11 is 0. The second-order valence-corrected chi connectivity index (χ2v) is 5.22. The van der Waals surface area contributed by atoms with E-state index in [9.17, 15) is 0 Å². The maximum atomic E-state index is 7.96. The Hall–Kier alpha value is 0.700. The molecule has 0 saturated carbocycles. The predicted octanol–water partition coefficient (Wildman–Crippen LogP) is -1.07. The first-order valence-electron chi connectivity index (χ1n) is 1.21. The SMILES string of the molecule is NP[PH](O)(O)O. The van der Waals surface area contributed by atoms with Crippen molar-refractivity contribution in [3.05, 3.63) is 0 Å². The Morgan fingerprint density at radius 3 is 1.50 bits per heavy atom. The first-order chi connectivity index (χ1) is 2.56. The van der Waals surface area contributed by atoms with Gasteiger partial charge in [0.15, 0.2) is 0 Å².